The van der Waals surface area contributed by atoms with E-state index in [0.717, 1.165) is 47.6 Å². The van der Waals surface area contributed by atoms with Crippen molar-refractivity contribution in [3.05, 3.63) is 89.5 Å². The largest absolute Gasteiger partial charge is 0.0550 e. The first-order valence-corrected chi connectivity index (χ1v) is 15.1. The Morgan fingerprint density at radius 1 is 1.00 bits per heavy atom. The van der Waals surface area contributed by atoms with Gasteiger partial charge in [-0.05, 0) is 62.5 Å². The molecule has 5 rings (SSSR count). The van der Waals surface area contributed by atoms with E-state index in [2.05, 4.69) is 51.9 Å². The van der Waals surface area contributed by atoms with Gasteiger partial charge in [0, 0.05) is 12.0 Å². The first-order valence-electron chi connectivity index (χ1n) is 13.9. The molecule has 1 saturated heterocycles. The van der Waals surface area contributed by atoms with Gasteiger partial charge in [0.2, 0.25) is 0 Å². The average molecular weight is 574 g/mol. The Morgan fingerprint density at radius 2 is 1.74 bits per heavy atom. The SMILES string of the molecule is COc1ccc(C2CC2NCC2CCN(CCCc3ccc(C(=O)Nc4ccccc4[AsH2])cc3)CC2)cc1. The quantitative estimate of drug-likeness (QED) is 0.341. The monoisotopic (exact) mass is 573 g/mol. The molecule has 2 aliphatic rings. The summed E-state index contributed by atoms with van der Waals surface area (Å²) in [5.74, 6) is 2.35. The maximum atomic E-state index is 12.6. The van der Waals surface area contributed by atoms with Crippen molar-refractivity contribution in [1.29, 1.82) is 0 Å². The number of nitrogens with one attached hydrogen (secondary N) is 2. The van der Waals surface area contributed by atoms with Crippen LogP contribution in [0, 0.1) is 5.92 Å². The molecule has 1 saturated carbocycles. The van der Waals surface area contributed by atoms with Crippen molar-refractivity contribution >= 4 is 32.8 Å². The van der Waals surface area contributed by atoms with Crippen LogP contribution in [0.5, 0.6) is 5.75 Å². The van der Waals surface area contributed by atoms with Gasteiger partial charge in [0.25, 0.3) is 0 Å². The van der Waals surface area contributed by atoms with Crippen molar-refractivity contribution in [3.63, 3.8) is 0 Å². The second-order valence-electron chi connectivity index (χ2n) is 10.8. The van der Waals surface area contributed by atoms with Crippen LogP contribution in [0.2, 0.25) is 0 Å². The maximum absolute atomic E-state index is 12.6. The van der Waals surface area contributed by atoms with E-state index in [4.69, 9.17) is 4.74 Å². The number of rotatable bonds is 11. The number of amides is 1. The minimum Gasteiger partial charge on any atom is -0.0550 e. The summed E-state index contributed by atoms with van der Waals surface area (Å²) in [4.78, 5) is 15.2. The Labute approximate surface area is 235 Å². The Kier molecular flexibility index (Phi) is 9.22. The van der Waals surface area contributed by atoms with Gasteiger partial charge in [-0.3, -0.25) is 0 Å². The number of likely N-dealkylation sites (tertiary alicyclic amines) is 1. The van der Waals surface area contributed by atoms with Crippen molar-refractivity contribution in [1.82, 2.24) is 10.2 Å². The summed E-state index contributed by atoms with van der Waals surface area (Å²) < 4.78 is 6.41. The molecule has 1 heterocycles. The first-order chi connectivity index (χ1) is 18.6. The number of carbonyl (C=O) groups is 1. The van der Waals surface area contributed by atoms with Crippen LogP contribution >= 0.6 is 0 Å². The molecule has 6 heteroatoms. The normalized spacial score (nSPS) is 19.7. The number of aryl methyl sites for hydroxylation is 1. The van der Waals surface area contributed by atoms with Crippen molar-refractivity contribution in [3.8, 4) is 5.75 Å². The van der Waals surface area contributed by atoms with Gasteiger partial charge in [0.1, 0.15) is 5.75 Å². The van der Waals surface area contributed by atoms with Gasteiger partial charge >= 0.3 is 127 Å². The van der Waals surface area contributed by atoms with E-state index in [1.54, 1.807) is 7.11 Å². The number of benzene rings is 3. The van der Waals surface area contributed by atoms with Crippen LogP contribution in [0.3, 0.4) is 0 Å². The number of piperidine rings is 1. The summed E-state index contributed by atoms with van der Waals surface area (Å²) in [7, 11) is 1.72. The Morgan fingerprint density at radius 3 is 2.45 bits per heavy atom. The topological polar surface area (TPSA) is 53.6 Å². The summed E-state index contributed by atoms with van der Waals surface area (Å²) in [6.45, 7) is 4.71. The first kappa shape index (κ1) is 27.0. The standard InChI is InChI=1S/C32H40AsN3O2/c1-38-27-14-12-25(13-15-27)28-21-31(28)34-22-24-16-19-36(20-17-24)18-4-5-23-8-10-26(11-9-23)32(37)35-30-7-3-2-6-29(30)33/h2-3,6-15,24,28,31,34H,4-5,16-22,33H2,1H3,(H,35,37). The number of methoxy groups -OCH3 is 1. The second-order valence-corrected chi connectivity index (χ2v) is 12.1. The fraction of sp³-hybridized carbons (Fsp3) is 0.406. The van der Waals surface area contributed by atoms with E-state index in [1.165, 1.54) is 60.3 Å². The van der Waals surface area contributed by atoms with Crippen molar-refractivity contribution in [2.24, 2.45) is 5.92 Å². The van der Waals surface area contributed by atoms with Crippen LogP contribution in [-0.2, 0) is 6.42 Å². The van der Waals surface area contributed by atoms with Gasteiger partial charge in [0.05, 0.1) is 7.11 Å². The zero-order valence-electron chi connectivity index (χ0n) is 22.4. The molecule has 38 heavy (non-hydrogen) atoms. The van der Waals surface area contributed by atoms with E-state index in [1.807, 2.05) is 36.4 Å². The third-order valence-electron chi connectivity index (χ3n) is 8.08. The van der Waals surface area contributed by atoms with Gasteiger partial charge < -0.3 is 10.1 Å². The molecule has 1 aliphatic heterocycles. The molecule has 2 N–H and O–H groups in total. The minimum absolute atomic E-state index is 0.0445. The average Bonchev–Trinajstić information content (AvgIpc) is 3.74. The van der Waals surface area contributed by atoms with Crippen LogP contribution in [0.25, 0.3) is 0 Å². The molecular weight excluding hydrogens is 533 g/mol. The van der Waals surface area contributed by atoms with E-state index in [0.29, 0.717) is 17.5 Å². The maximum Gasteiger partial charge on any atom is -0.00156 e. The third kappa shape index (κ3) is 7.28. The number of carbonyl (C=O) groups excluding carboxylic acids is 1. The molecule has 1 amide bonds. The molecule has 0 aromatic heterocycles. The molecular formula is C32H40AsN3O2. The summed E-state index contributed by atoms with van der Waals surface area (Å²) in [5.41, 5.74) is 4.34. The second kappa shape index (κ2) is 13.0. The summed E-state index contributed by atoms with van der Waals surface area (Å²) in [5, 5.41) is 6.86. The van der Waals surface area contributed by atoms with Gasteiger partial charge in [-0.15, -0.1) is 0 Å². The predicted octanol–water partition coefficient (Wildman–Crippen LogP) is 4.00. The van der Waals surface area contributed by atoms with E-state index < -0.39 is 0 Å². The van der Waals surface area contributed by atoms with Crippen LogP contribution in [0.4, 0.5) is 5.69 Å². The molecule has 3 atom stereocenters. The van der Waals surface area contributed by atoms with E-state index >= 15 is 0 Å². The van der Waals surface area contributed by atoms with Gasteiger partial charge in [0.15, 0.2) is 0 Å². The Balaban J connectivity index is 0.963. The minimum atomic E-state index is -0.0445. The van der Waals surface area contributed by atoms with Crippen LogP contribution < -0.4 is 19.7 Å². The number of hydrogen-bond acceptors (Lipinski definition) is 4. The van der Waals surface area contributed by atoms with Crippen LogP contribution in [0.15, 0.2) is 72.8 Å². The van der Waals surface area contributed by atoms with Gasteiger partial charge in [-0.2, -0.15) is 0 Å². The number of anilines is 1. The fourth-order valence-electron chi connectivity index (χ4n) is 5.51. The summed E-state index contributed by atoms with van der Waals surface area (Å²) in [6, 6.07) is 25.2. The molecule has 3 aromatic rings. The van der Waals surface area contributed by atoms with Crippen LogP contribution in [0.1, 0.15) is 53.1 Å². The van der Waals surface area contributed by atoms with Crippen LogP contribution in [-0.4, -0.2) is 67.0 Å². The van der Waals surface area contributed by atoms with Crippen molar-refractivity contribution in [2.45, 2.75) is 44.1 Å². The predicted molar refractivity (Wildman–Crippen MR) is 159 cm³/mol. The zero-order chi connectivity index (χ0) is 26.3. The number of ether oxygens (including phenoxy) is 1. The molecule has 0 radical (unpaired) electrons. The fourth-order valence-corrected chi connectivity index (χ4v) is 6.09. The molecule has 3 unspecified atom stereocenters. The molecule has 0 bridgehead atoms. The molecule has 0 spiro atoms. The van der Waals surface area contributed by atoms with Crippen molar-refractivity contribution in [2.75, 3.05) is 38.6 Å². The Hall–Kier alpha value is -2.59. The number of hydrogen-bond donors (Lipinski definition) is 2. The van der Waals surface area contributed by atoms with Gasteiger partial charge in [-0.25, -0.2) is 0 Å². The van der Waals surface area contributed by atoms with E-state index in [9.17, 15) is 4.79 Å². The smallest absolute Gasteiger partial charge is 0.00156 e. The third-order valence-corrected chi connectivity index (χ3v) is 9.13. The molecule has 3 aromatic carbocycles. The molecule has 2 fully saturated rings. The van der Waals surface area contributed by atoms with E-state index in [-0.39, 0.29) is 5.91 Å². The summed E-state index contributed by atoms with van der Waals surface area (Å²) in [6.07, 6.45) is 6.05. The van der Waals surface area contributed by atoms with Gasteiger partial charge in [-0.1, -0.05) is 12.1 Å². The zero-order valence-corrected chi connectivity index (χ0v) is 24.8. The Bertz CT molecular complexity index is 1190. The molecule has 5 nitrogen and oxygen atoms in total. The molecule has 1 aliphatic carbocycles. The number of para-hydroxylation sites is 1. The summed E-state index contributed by atoms with van der Waals surface area (Å²) >= 11 is 1.51. The molecule has 200 valence electrons. The number of nitrogens with zero attached hydrogens (tertiary/aromatic N) is 1. The van der Waals surface area contributed by atoms with Crippen molar-refractivity contribution < 1.29 is 9.53 Å².